The molecule has 1 aromatic rings. The third-order valence-electron chi connectivity index (χ3n) is 5.49. The van der Waals surface area contributed by atoms with Gasteiger partial charge in [0.25, 0.3) is 0 Å². The van der Waals surface area contributed by atoms with Crippen molar-refractivity contribution in [2.24, 2.45) is 11.8 Å². The van der Waals surface area contributed by atoms with Crippen molar-refractivity contribution in [3.8, 4) is 0 Å². The number of carbonyl (C=O) groups is 1. The number of aryl methyl sites for hydroxylation is 1. The second-order valence-corrected chi connectivity index (χ2v) is 7.04. The summed E-state index contributed by atoms with van der Waals surface area (Å²) in [5, 5.41) is 11.7. The lowest BCUT2D eigenvalue weighted by Crippen LogP contribution is -2.55. The van der Waals surface area contributed by atoms with Crippen LogP contribution in [0.1, 0.15) is 31.4 Å². The zero-order chi connectivity index (χ0) is 15.8. The van der Waals surface area contributed by atoms with E-state index < -0.39 is 0 Å². The fourth-order valence-corrected chi connectivity index (χ4v) is 3.86. The van der Waals surface area contributed by atoms with Crippen molar-refractivity contribution in [3.63, 3.8) is 0 Å². The van der Waals surface area contributed by atoms with Gasteiger partial charge in [0, 0.05) is 31.7 Å². The topological polar surface area (TPSA) is 67.3 Å². The van der Waals surface area contributed by atoms with Gasteiger partial charge in [-0.05, 0) is 44.7 Å². The number of nitrogens with zero attached hydrogens (tertiary/aromatic N) is 3. The number of rotatable bonds is 3. The van der Waals surface area contributed by atoms with Gasteiger partial charge in [-0.1, -0.05) is 0 Å². The monoisotopic (exact) mass is 316 g/mol. The van der Waals surface area contributed by atoms with E-state index in [0.717, 1.165) is 43.9 Å². The van der Waals surface area contributed by atoms with Crippen LogP contribution in [0.5, 0.6) is 0 Å². The summed E-state index contributed by atoms with van der Waals surface area (Å²) in [7, 11) is 0. The van der Waals surface area contributed by atoms with Crippen molar-refractivity contribution >= 4 is 11.7 Å². The minimum absolute atomic E-state index is 0.0139. The Morgan fingerprint density at radius 1 is 1.26 bits per heavy atom. The molecule has 1 aromatic heterocycles. The summed E-state index contributed by atoms with van der Waals surface area (Å²) in [6.45, 7) is 4.20. The Morgan fingerprint density at radius 3 is 2.83 bits per heavy atom. The van der Waals surface area contributed by atoms with Crippen molar-refractivity contribution in [1.82, 2.24) is 15.5 Å². The smallest absolute Gasteiger partial charge is 0.225 e. The van der Waals surface area contributed by atoms with Gasteiger partial charge in [-0.25, -0.2) is 0 Å². The van der Waals surface area contributed by atoms with E-state index in [2.05, 4.69) is 20.4 Å². The molecule has 0 unspecified atom stereocenters. The van der Waals surface area contributed by atoms with Crippen LogP contribution in [0, 0.1) is 18.8 Å². The van der Waals surface area contributed by atoms with Gasteiger partial charge in [-0.3, -0.25) is 4.79 Å². The first-order valence-electron chi connectivity index (χ1n) is 8.68. The Kier molecular flexibility index (Phi) is 3.93. The maximum absolute atomic E-state index is 12.7. The van der Waals surface area contributed by atoms with E-state index in [1.165, 1.54) is 6.42 Å². The van der Waals surface area contributed by atoms with Crippen LogP contribution in [-0.4, -0.2) is 47.9 Å². The number of fused-ring (bicyclic) bond motifs is 1. The van der Waals surface area contributed by atoms with Gasteiger partial charge < -0.3 is 15.0 Å². The van der Waals surface area contributed by atoms with Crippen LogP contribution in [0.4, 0.5) is 5.82 Å². The van der Waals surface area contributed by atoms with Crippen molar-refractivity contribution in [2.45, 2.75) is 44.8 Å². The van der Waals surface area contributed by atoms with Crippen LogP contribution in [-0.2, 0) is 9.53 Å². The van der Waals surface area contributed by atoms with Gasteiger partial charge in [0.1, 0.15) is 0 Å². The Balaban J connectivity index is 1.51. The number of nitrogens with one attached hydrogen (secondary N) is 1. The SMILES string of the molecule is Cc1ccc(N2C[C@H]3OCC[C@H]3[C@H](C(=O)NC3CCC3)C2)nn1. The van der Waals surface area contributed by atoms with Crippen molar-refractivity contribution < 1.29 is 9.53 Å². The Morgan fingerprint density at radius 2 is 2.13 bits per heavy atom. The highest BCUT2D eigenvalue weighted by Crippen LogP contribution is 2.35. The van der Waals surface area contributed by atoms with Gasteiger partial charge in [0.05, 0.1) is 17.7 Å². The quantitative estimate of drug-likeness (QED) is 0.910. The Bertz CT molecular complexity index is 572. The zero-order valence-corrected chi connectivity index (χ0v) is 13.6. The molecule has 6 heteroatoms. The number of hydrogen-bond acceptors (Lipinski definition) is 5. The fraction of sp³-hybridized carbons (Fsp3) is 0.706. The molecule has 0 bridgehead atoms. The second kappa shape index (κ2) is 6.07. The molecular weight excluding hydrogens is 292 g/mol. The van der Waals surface area contributed by atoms with Gasteiger partial charge >= 0.3 is 0 Å². The van der Waals surface area contributed by atoms with Gasteiger partial charge in [-0.2, -0.15) is 5.10 Å². The molecule has 0 spiro atoms. The second-order valence-electron chi connectivity index (χ2n) is 7.04. The lowest BCUT2D eigenvalue weighted by Gasteiger charge is -2.40. The molecule has 3 fully saturated rings. The first-order valence-corrected chi connectivity index (χ1v) is 8.68. The molecule has 0 radical (unpaired) electrons. The van der Waals surface area contributed by atoms with E-state index in [1.807, 2.05) is 19.1 Å². The maximum atomic E-state index is 12.7. The molecule has 3 atom stereocenters. The summed E-state index contributed by atoms with van der Waals surface area (Å²) in [4.78, 5) is 14.9. The fourth-order valence-electron chi connectivity index (χ4n) is 3.86. The average molecular weight is 316 g/mol. The summed E-state index contributed by atoms with van der Waals surface area (Å²) >= 11 is 0. The lowest BCUT2D eigenvalue weighted by atomic mass is 9.81. The number of carbonyl (C=O) groups excluding carboxylic acids is 1. The van der Waals surface area contributed by atoms with Crippen LogP contribution in [0.25, 0.3) is 0 Å². The average Bonchev–Trinajstić information content (AvgIpc) is 2.99. The molecule has 4 rings (SSSR count). The van der Waals surface area contributed by atoms with E-state index in [1.54, 1.807) is 0 Å². The number of hydrogen-bond donors (Lipinski definition) is 1. The molecule has 1 amide bonds. The molecule has 23 heavy (non-hydrogen) atoms. The summed E-state index contributed by atoms with van der Waals surface area (Å²) in [6, 6.07) is 4.34. The highest BCUT2D eigenvalue weighted by molar-refractivity contribution is 5.80. The molecule has 124 valence electrons. The predicted octanol–water partition coefficient (Wildman–Crippen LogP) is 1.30. The lowest BCUT2D eigenvalue weighted by molar-refractivity contribution is -0.129. The molecule has 3 aliphatic rings. The van der Waals surface area contributed by atoms with Crippen molar-refractivity contribution in [3.05, 3.63) is 17.8 Å². The van der Waals surface area contributed by atoms with E-state index in [0.29, 0.717) is 18.5 Å². The molecule has 0 aromatic carbocycles. The van der Waals surface area contributed by atoms with Crippen molar-refractivity contribution in [1.29, 1.82) is 0 Å². The molecule has 3 heterocycles. The highest BCUT2D eigenvalue weighted by Gasteiger charge is 2.44. The molecule has 1 saturated carbocycles. The summed E-state index contributed by atoms with van der Waals surface area (Å²) in [6.07, 6.45) is 4.59. The first-order chi connectivity index (χ1) is 11.2. The number of piperidine rings is 1. The Hall–Kier alpha value is -1.69. The highest BCUT2D eigenvalue weighted by atomic mass is 16.5. The standard InChI is InChI=1S/C17H24N4O2/c1-11-5-6-16(20-19-11)21-9-14(13-7-8-23-15(13)10-21)17(22)18-12-3-2-4-12/h5-6,12-15H,2-4,7-10H2,1H3,(H,18,22)/t13-,14+,15+/m0/s1. The predicted molar refractivity (Wildman–Crippen MR) is 86.1 cm³/mol. The van der Waals surface area contributed by atoms with Crippen LogP contribution in [0.2, 0.25) is 0 Å². The van der Waals surface area contributed by atoms with Gasteiger partial charge in [0.15, 0.2) is 5.82 Å². The molecule has 2 aliphatic heterocycles. The summed E-state index contributed by atoms with van der Waals surface area (Å²) in [5.41, 5.74) is 0.903. The van der Waals surface area contributed by atoms with Crippen LogP contribution < -0.4 is 10.2 Å². The first kappa shape index (κ1) is 14.9. The molecule has 1 N–H and O–H groups in total. The Labute approximate surface area is 136 Å². The van der Waals surface area contributed by atoms with Crippen molar-refractivity contribution in [2.75, 3.05) is 24.6 Å². The van der Waals surface area contributed by atoms with Crippen LogP contribution in [0.15, 0.2) is 12.1 Å². The molecule has 1 aliphatic carbocycles. The minimum Gasteiger partial charge on any atom is -0.376 e. The zero-order valence-electron chi connectivity index (χ0n) is 13.6. The van der Waals surface area contributed by atoms with Crippen LogP contribution >= 0.6 is 0 Å². The van der Waals surface area contributed by atoms with E-state index in [4.69, 9.17) is 4.74 Å². The number of aromatic nitrogens is 2. The van der Waals surface area contributed by atoms with E-state index in [-0.39, 0.29) is 17.9 Å². The largest absolute Gasteiger partial charge is 0.376 e. The minimum atomic E-state index is -0.0139. The third-order valence-corrected chi connectivity index (χ3v) is 5.49. The third kappa shape index (κ3) is 2.92. The van der Waals surface area contributed by atoms with E-state index in [9.17, 15) is 4.79 Å². The molecular formula is C17H24N4O2. The maximum Gasteiger partial charge on any atom is 0.225 e. The van der Waals surface area contributed by atoms with Gasteiger partial charge in [-0.15, -0.1) is 5.10 Å². The number of amides is 1. The summed E-state index contributed by atoms with van der Waals surface area (Å²) < 4.78 is 5.89. The molecule has 2 saturated heterocycles. The molecule has 6 nitrogen and oxygen atoms in total. The van der Waals surface area contributed by atoms with Crippen LogP contribution in [0.3, 0.4) is 0 Å². The van der Waals surface area contributed by atoms with E-state index >= 15 is 0 Å². The normalized spacial score (nSPS) is 30.7. The number of ether oxygens (including phenoxy) is 1. The number of anilines is 1. The van der Waals surface area contributed by atoms with Gasteiger partial charge in [0.2, 0.25) is 5.91 Å². The summed E-state index contributed by atoms with van der Waals surface area (Å²) in [5.74, 6) is 1.36.